The maximum absolute atomic E-state index is 12.7. The van der Waals surface area contributed by atoms with Crippen molar-refractivity contribution in [1.82, 2.24) is 20.9 Å². The predicted octanol–water partition coefficient (Wildman–Crippen LogP) is 1.60. The fourth-order valence-corrected chi connectivity index (χ4v) is 5.39. The monoisotopic (exact) mass is 495 g/mol. The molecule has 3 atom stereocenters. The molecule has 0 aromatic heterocycles. The number of nitrogens with one attached hydrogen (secondary N) is 3. The summed E-state index contributed by atoms with van der Waals surface area (Å²) in [6, 6.07) is 16.7. The average molecular weight is 496 g/mol. The first-order valence-electron chi connectivity index (χ1n) is 12.0. The van der Waals surface area contributed by atoms with E-state index in [0.29, 0.717) is 11.5 Å². The van der Waals surface area contributed by atoms with Crippen molar-refractivity contribution in [1.29, 1.82) is 0 Å². The van der Waals surface area contributed by atoms with Crippen molar-refractivity contribution in [2.45, 2.75) is 43.9 Å². The summed E-state index contributed by atoms with van der Waals surface area (Å²) in [6.45, 7) is 3.45. The van der Waals surface area contributed by atoms with Crippen LogP contribution in [0.2, 0.25) is 0 Å². The van der Waals surface area contributed by atoms with Gasteiger partial charge in [0.05, 0.1) is 11.9 Å². The molecule has 0 spiro atoms. The van der Waals surface area contributed by atoms with Crippen LogP contribution in [0.3, 0.4) is 0 Å². The normalized spacial score (nSPS) is 23.0. The molecule has 2 aromatic rings. The first-order valence-corrected chi connectivity index (χ1v) is 13.1. The Labute approximate surface area is 210 Å². The number of thioether (sulfide) groups is 1. The molecule has 9 heteroatoms. The molecule has 2 saturated heterocycles. The fraction of sp³-hybridized carbons (Fsp3) is 0.423. The third-order valence-corrected chi connectivity index (χ3v) is 7.57. The quantitative estimate of drug-likeness (QED) is 0.464. The summed E-state index contributed by atoms with van der Waals surface area (Å²) in [5.41, 5.74) is 8.50. The van der Waals surface area contributed by atoms with E-state index in [-0.39, 0.29) is 23.5 Å². The van der Waals surface area contributed by atoms with Crippen LogP contribution in [0.1, 0.15) is 34.3 Å². The van der Waals surface area contributed by atoms with E-state index in [1.807, 2.05) is 30.0 Å². The van der Waals surface area contributed by atoms with Crippen LogP contribution in [0.25, 0.3) is 0 Å². The number of hydrogen-bond acceptors (Lipinski definition) is 6. The maximum atomic E-state index is 12.7. The number of rotatable bonds is 7. The molecule has 5 N–H and O–H groups in total. The van der Waals surface area contributed by atoms with Gasteiger partial charge in [0.25, 0.3) is 5.91 Å². The Hall–Kier alpha value is -2.88. The molecule has 0 saturated carbocycles. The molecule has 3 amide bonds. The van der Waals surface area contributed by atoms with E-state index in [2.05, 4.69) is 40.2 Å². The Morgan fingerprint density at radius 2 is 1.77 bits per heavy atom. The molecule has 0 aliphatic carbocycles. The molecule has 186 valence electrons. The van der Waals surface area contributed by atoms with Gasteiger partial charge in [0.2, 0.25) is 11.8 Å². The van der Waals surface area contributed by atoms with Crippen molar-refractivity contribution in [2.75, 3.05) is 18.8 Å². The predicted molar refractivity (Wildman–Crippen MR) is 137 cm³/mol. The summed E-state index contributed by atoms with van der Waals surface area (Å²) in [4.78, 5) is 39.7. The van der Waals surface area contributed by atoms with Crippen LogP contribution in [-0.2, 0) is 16.0 Å². The van der Waals surface area contributed by atoms with E-state index >= 15 is 0 Å². The van der Waals surface area contributed by atoms with Crippen LogP contribution in [-0.4, -0.2) is 59.2 Å². The Morgan fingerprint density at radius 3 is 2.43 bits per heavy atom. The number of carbonyl (C=O) groups excluding carboxylic acids is 3. The van der Waals surface area contributed by atoms with E-state index in [1.54, 1.807) is 12.1 Å². The van der Waals surface area contributed by atoms with Gasteiger partial charge in [-0.05, 0) is 49.8 Å². The molecular formula is C26H33N5O3S. The average Bonchev–Trinajstić information content (AvgIpc) is 2.86. The van der Waals surface area contributed by atoms with Crippen LogP contribution in [0, 0.1) is 12.8 Å². The molecule has 3 unspecified atom stereocenters. The topological polar surface area (TPSA) is 117 Å². The number of nitrogens with zero attached hydrogens (tertiary/aromatic N) is 1. The van der Waals surface area contributed by atoms with Crippen molar-refractivity contribution in [3.8, 4) is 0 Å². The third-order valence-electron chi connectivity index (χ3n) is 6.57. The van der Waals surface area contributed by atoms with Crippen LogP contribution in [0.5, 0.6) is 0 Å². The SMILES string of the molecule is Cc1ccc(C(=O)NC2C(=O)NC(SCC(=O)N3CCC(Cc4ccccc4)CC3)NC2N)cc1. The van der Waals surface area contributed by atoms with Crippen molar-refractivity contribution in [3.05, 3.63) is 71.3 Å². The Balaban J connectivity index is 1.19. The van der Waals surface area contributed by atoms with E-state index in [1.165, 1.54) is 17.3 Å². The zero-order chi connectivity index (χ0) is 24.8. The molecular weight excluding hydrogens is 462 g/mol. The summed E-state index contributed by atoms with van der Waals surface area (Å²) in [7, 11) is 0. The standard InChI is InChI=1S/C26H33N5O3S/c1-17-7-9-20(10-8-17)24(33)28-22-23(27)29-26(30-25(22)34)35-16-21(32)31-13-11-19(12-14-31)15-18-5-3-2-4-6-18/h2-10,19,22-23,26,29H,11-16,27H2,1H3,(H,28,33)(H,30,34). The number of aryl methyl sites for hydroxylation is 1. The van der Waals surface area contributed by atoms with Gasteiger partial charge in [0.15, 0.2) is 0 Å². The molecule has 2 heterocycles. The van der Waals surface area contributed by atoms with E-state index in [4.69, 9.17) is 5.73 Å². The molecule has 35 heavy (non-hydrogen) atoms. The molecule has 2 aliphatic heterocycles. The van der Waals surface area contributed by atoms with Crippen LogP contribution >= 0.6 is 11.8 Å². The molecule has 0 bridgehead atoms. The lowest BCUT2D eigenvalue weighted by molar-refractivity contribution is -0.130. The van der Waals surface area contributed by atoms with Crippen LogP contribution < -0.4 is 21.7 Å². The van der Waals surface area contributed by atoms with E-state index < -0.39 is 17.7 Å². The van der Waals surface area contributed by atoms with Crippen LogP contribution in [0.15, 0.2) is 54.6 Å². The number of carbonyl (C=O) groups is 3. The van der Waals surface area contributed by atoms with Crippen molar-refractivity contribution < 1.29 is 14.4 Å². The van der Waals surface area contributed by atoms with Crippen molar-refractivity contribution in [2.24, 2.45) is 11.7 Å². The zero-order valence-electron chi connectivity index (χ0n) is 19.9. The fourth-order valence-electron chi connectivity index (χ4n) is 4.45. The zero-order valence-corrected chi connectivity index (χ0v) is 20.7. The summed E-state index contributed by atoms with van der Waals surface area (Å²) >= 11 is 1.30. The Morgan fingerprint density at radius 1 is 1.09 bits per heavy atom. The van der Waals surface area contributed by atoms with Gasteiger partial charge in [0.1, 0.15) is 11.5 Å². The molecule has 4 rings (SSSR count). The number of amides is 3. The van der Waals surface area contributed by atoms with Gasteiger partial charge in [-0.15, -0.1) is 11.8 Å². The Bertz CT molecular complexity index is 1030. The minimum absolute atomic E-state index is 0.0626. The molecule has 2 fully saturated rings. The summed E-state index contributed by atoms with van der Waals surface area (Å²) in [6.07, 6.45) is 2.28. The largest absolute Gasteiger partial charge is 0.342 e. The number of nitrogens with two attached hydrogens (primary N) is 1. The highest BCUT2D eigenvalue weighted by atomic mass is 32.2. The minimum atomic E-state index is -0.903. The van der Waals surface area contributed by atoms with Crippen LogP contribution in [0.4, 0.5) is 0 Å². The maximum Gasteiger partial charge on any atom is 0.252 e. The molecule has 0 radical (unpaired) electrons. The lowest BCUT2D eigenvalue weighted by Gasteiger charge is -2.36. The summed E-state index contributed by atoms with van der Waals surface area (Å²) in [5, 5.41) is 8.57. The second-order valence-electron chi connectivity index (χ2n) is 9.22. The van der Waals surface area contributed by atoms with Gasteiger partial charge in [-0.25, -0.2) is 0 Å². The molecule has 2 aliphatic rings. The van der Waals surface area contributed by atoms with Gasteiger partial charge in [-0.2, -0.15) is 0 Å². The first kappa shape index (κ1) is 25.2. The number of likely N-dealkylation sites (tertiary alicyclic amines) is 1. The van der Waals surface area contributed by atoms with Crippen molar-refractivity contribution >= 4 is 29.5 Å². The number of hydrogen-bond donors (Lipinski definition) is 4. The van der Waals surface area contributed by atoms with Crippen molar-refractivity contribution in [3.63, 3.8) is 0 Å². The number of benzene rings is 2. The highest BCUT2D eigenvalue weighted by molar-refractivity contribution is 8.00. The second kappa shape index (κ2) is 11.7. The van der Waals surface area contributed by atoms with Gasteiger partial charge >= 0.3 is 0 Å². The minimum Gasteiger partial charge on any atom is -0.342 e. The lowest BCUT2D eigenvalue weighted by atomic mass is 9.90. The third kappa shape index (κ3) is 6.84. The van der Waals surface area contributed by atoms with E-state index in [0.717, 1.165) is 37.9 Å². The highest BCUT2D eigenvalue weighted by Gasteiger charge is 2.36. The summed E-state index contributed by atoms with van der Waals surface area (Å²) < 4.78 is 0. The first-order chi connectivity index (χ1) is 16.9. The van der Waals surface area contributed by atoms with Gasteiger partial charge in [-0.3, -0.25) is 19.7 Å². The number of piperidine rings is 1. The lowest BCUT2D eigenvalue weighted by Crippen LogP contribution is -2.70. The summed E-state index contributed by atoms with van der Waals surface area (Å²) in [5.74, 6) is 0.169. The molecule has 2 aromatic carbocycles. The van der Waals surface area contributed by atoms with Gasteiger partial charge in [-0.1, -0.05) is 48.0 Å². The second-order valence-corrected chi connectivity index (χ2v) is 10.3. The van der Waals surface area contributed by atoms with Gasteiger partial charge in [0, 0.05) is 18.7 Å². The smallest absolute Gasteiger partial charge is 0.252 e. The van der Waals surface area contributed by atoms with E-state index in [9.17, 15) is 14.4 Å². The van der Waals surface area contributed by atoms with Gasteiger partial charge < -0.3 is 21.3 Å². The molecule has 8 nitrogen and oxygen atoms in total. The highest BCUT2D eigenvalue weighted by Crippen LogP contribution is 2.22. The Kier molecular flexibility index (Phi) is 8.43.